The third kappa shape index (κ3) is 4.17. The van der Waals surface area contributed by atoms with Crippen molar-refractivity contribution in [1.29, 1.82) is 0 Å². The summed E-state index contributed by atoms with van der Waals surface area (Å²) in [7, 11) is 1.71. The van der Waals surface area contributed by atoms with Gasteiger partial charge in [-0.2, -0.15) is 0 Å². The van der Waals surface area contributed by atoms with Gasteiger partial charge in [0.2, 0.25) is 0 Å². The van der Waals surface area contributed by atoms with Crippen LogP contribution in [-0.2, 0) is 11.2 Å². The number of nitrogens with zero attached hydrogens (tertiary/aromatic N) is 2. The van der Waals surface area contributed by atoms with Gasteiger partial charge in [-0.25, -0.2) is 0 Å². The van der Waals surface area contributed by atoms with Crippen molar-refractivity contribution in [2.75, 3.05) is 49.8 Å². The zero-order chi connectivity index (χ0) is 20.2. The van der Waals surface area contributed by atoms with Crippen molar-refractivity contribution < 1.29 is 9.47 Å². The minimum Gasteiger partial charge on any atom is -0.496 e. The first-order valence-electron chi connectivity index (χ1n) is 10.3. The van der Waals surface area contributed by atoms with Crippen molar-refractivity contribution in [3.63, 3.8) is 0 Å². The number of nitrogens with one attached hydrogen (secondary N) is 1. The van der Waals surface area contributed by atoms with E-state index in [0.717, 1.165) is 49.7 Å². The Kier molecular flexibility index (Phi) is 5.90. The van der Waals surface area contributed by atoms with Gasteiger partial charge in [0, 0.05) is 43.5 Å². The molecule has 0 spiro atoms. The molecule has 154 valence electrons. The molecule has 2 aromatic rings. The number of benzene rings is 1. The number of hydrogen-bond acceptors (Lipinski definition) is 5. The molecule has 0 radical (unpaired) electrons. The Bertz CT molecular complexity index is 904. The van der Waals surface area contributed by atoms with E-state index in [1.54, 1.807) is 13.2 Å². The topological polar surface area (TPSA) is 57.8 Å². The molecule has 2 aliphatic rings. The van der Waals surface area contributed by atoms with Crippen LogP contribution in [0.4, 0.5) is 11.5 Å². The Balaban J connectivity index is 1.64. The summed E-state index contributed by atoms with van der Waals surface area (Å²) in [6.07, 6.45) is 3.90. The van der Waals surface area contributed by atoms with Crippen molar-refractivity contribution in [3.05, 3.63) is 65.0 Å². The Morgan fingerprint density at radius 3 is 2.79 bits per heavy atom. The normalized spacial score (nSPS) is 22.0. The summed E-state index contributed by atoms with van der Waals surface area (Å²) in [5.74, 6) is 2.14. The van der Waals surface area contributed by atoms with Gasteiger partial charge < -0.3 is 24.3 Å². The monoisotopic (exact) mass is 395 g/mol. The van der Waals surface area contributed by atoms with Gasteiger partial charge in [0.1, 0.15) is 11.6 Å². The van der Waals surface area contributed by atoms with Crippen LogP contribution in [0.2, 0.25) is 0 Å². The molecule has 3 heterocycles. The van der Waals surface area contributed by atoms with Gasteiger partial charge in [-0.05, 0) is 30.4 Å². The van der Waals surface area contributed by atoms with Crippen LogP contribution in [0, 0.1) is 5.92 Å². The van der Waals surface area contributed by atoms with Crippen LogP contribution in [-0.4, -0.2) is 51.0 Å². The van der Waals surface area contributed by atoms with Crippen LogP contribution in [0.1, 0.15) is 12.0 Å². The van der Waals surface area contributed by atoms with E-state index in [1.165, 1.54) is 5.56 Å². The molecule has 1 aromatic heterocycles. The molecular formula is C23H29N3O3. The smallest absolute Gasteiger partial charge is 0.251 e. The number of ether oxygens (including phenoxy) is 2. The molecule has 1 aromatic carbocycles. The lowest BCUT2D eigenvalue weighted by molar-refractivity contribution is 0.122. The van der Waals surface area contributed by atoms with E-state index in [2.05, 4.69) is 33.5 Å². The Hall–Kier alpha value is -2.73. The molecule has 6 nitrogen and oxygen atoms in total. The lowest BCUT2D eigenvalue weighted by Crippen LogP contribution is -2.38. The molecule has 1 N–H and O–H groups in total. The lowest BCUT2D eigenvalue weighted by atomic mass is 9.94. The van der Waals surface area contributed by atoms with Gasteiger partial charge >= 0.3 is 0 Å². The number of H-pyrrole nitrogens is 1. The molecule has 2 atom stereocenters. The fourth-order valence-corrected chi connectivity index (χ4v) is 4.48. The van der Waals surface area contributed by atoms with Crippen LogP contribution >= 0.6 is 0 Å². The molecule has 0 unspecified atom stereocenters. The number of morpholine rings is 1. The molecule has 2 aliphatic heterocycles. The molecule has 4 rings (SSSR count). The zero-order valence-corrected chi connectivity index (χ0v) is 17.0. The van der Waals surface area contributed by atoms with Crippen LogP contribution in [0.3, 0.4) is 0 Å². The second kappa shape index (κ2) is 8.74. The van der Waals surface area contributed by atoms with Gasteiger partial charge in [0.05, 0.1) is 20.3 Å². The molecule has 2 fully saturated rings. The largest absolute Gasteiger partial charge is 0.496 e. The number of anilines is 2. The summed E-state index contributed by atoms with van der Waals surface area (Å²) < 4.78 is 11.0. The highest BCUT2D eigenvalue weighted by Gasteiger charge is 2.34. The lowest BCUT2D eigenvalue weighted by Gasteiger charge is -2.32. The summed E-state index contributed by atoms with van der Waals surface area (Å²) in [5, 5.41) is 0. The fraction of sp³-hybridized carbons (Fsp3) is 0.435. The maximum absolute atomic E-state index is 12.4. The summed E-state index contributed by atoms with van der Waals surface area (Å²) >= 11 is 0. The van der Waals surface area contributed by atoms with Crippen LogP contribution in [0.5, 0.6) is 5.75 Å². The molecule has 6 heteroatoms. The summed E-state index contributed by atoms with van der Waals surface area (Å²) in [6, 6.07) is 12.2. The number of hydrogen-bond donors (Lipinski definition) is 1. The Morgan fingerprint density at radius 1 is 1.24 bits per heavy atom. The third-order valence-corrected chi connectivity index (χ3v) is 6.02. The second-order valence-electron chi connectivity index (χ2n) is 7.65. The van der Waals surface area contributed by atoms with Crippen molar-refractivity contribution >= 4 is 11.5 Å². The van der Waals surface area contributed by atoms with Crippen LogP contribution < -0.4 is 20.1 Å². The minimum absolute atomic E-state index is 0.0675. The average Bonchev–Trinajstić information content (AvgIpc) is 3.17. The van der Waals surface area contributed by atoms with Crippen molar-refractivity contribution in [2.24, 2.45) is 5.92 Å². The molecule has 2 saturated heterocycles. The highest BCUT2D eigenvalue weighted by atomic mass is 16.5. The zero-order valence-electron chi connectivity index (χ0n) is 17.0. The van der Waals surface area contributed by atoms with Gasteiger partial charge in [0.15, 0.2) is 0 Å². The summed E-state index contributed by atoms with van der Waals surface area (Å²) in [5.41, 5.74) is 2.07. The van der Waals surface area contributed by atoms with Crippen molar-refractivity contribution in [2.45, 2.75) is 18.9 Å². The van der Waals surface area contributed by atoms with E-state index in [9.17, 15) is 4.79 Å². The predicted octanol–water partition coefficient (Wildman–Crippen LogP) is 2.84. The van der Waals surface area contributed by atoms with E-state index in [4.69, 9.17) is 9.47 Å². The van der Waals surface area contributed by atoms with Crippen molar-refractivity contribution in [1.82, 2.24) is 4.98 Å². The van der Waals surface area contributed by atoms with Crippen LogP contribution in [0.25, 0.3) is 0 Å². The summed E-state index contributed by atoms with van der Waals surface area (Å²) in [6.45, 7) is 7.96. The predicted molar refractivity (Wildman–Crippen MR) is 116 cm³/mol. The molecule has 0 saturated carbocycles. The van der Waals surface area contributed by atoms with E-state index < -0.39 is 0 Å². The number of aromatic amines is 1. The average molecular weight is 396 g/mol. The second-order valence-corrected chi connectivity index (χ2v) is 7.65. The molecule has 0 amide bonds. The third-order valence-electron chi connectivity index (χ3n) is 6.02. The number of methoxy groups -OCH3 is 1. The van der Waals surface area contributed by atoms with Gasteiger partial charge in [0.25, 0.3) is 5.56 Å². The number of rotatable bonds is 6. The van der Waals surface area contributed by atoms with E-state index in [1.807, 2.05) is 24.3 Å². The SMILES string of the molecule is C=C[C@H]1CCN(c2cc(N3CCOCC3)cc(=O)[nH]2)[C@@H]1Cc1ccccc1OC. The molecule has 0 bridgehead atoms. The highest BCUT2D eigenvalue weighted by Crippen LogP contribution is 2.34. The maximum atomic E-state index is 12.4. The Morgan fingerprint density at radius 2 is 2.03 bits per heavy atom. The first kappa shape index (κ1) is 19.6. The van der Waals surface area contributed by atoms with E-state index in [-0.39, 0.29) is 11.6 Å². The van der Waals surface area contributed by atoms with Gasteiger partial charge in [-0.1, -0.05) is 24.3 Å². The Labute approximate surface area is 171 Å². The first-order chi connectivity index (χ1) is 14.2. The van der Waals surface area contributed by atoms with Crippen LogP contribution in [0.15, 0.2) is 53.8 Å². The quantitative estimate of drug-likeness (QED) is 0.763. The molecule has 0 aliphatic carbocycles. The van der Waals surface area contributed by atoms with E-state index in [0.29, 0.717) is 19.1 Å². The molecule has 29 heavy (non-hydrogen) atoms. The standard InChI is InChI=1S/C23H29N3O3/c1-3-17-8-9-26(20(17)14-18-6-4-5-7-21(18)28-2)22-15-19(16-23(27)24-22)25-10-12-29-13-11-25/h3-7,15-17,20H,1,8-14H2,2H3,(H,24,27)/t17-,20+/m0/s1. The number of aromatic nitrogens is 1. The minimum atomic E-state index is -0.0675. The van der Waals surface area contributed by atoms with E-state index >= 15 is 0 Å². The summed E-state index contributed by atoms with van der Waals surface area (Å²) in [4.78, 5) is 20.1. The highest BCUT2D eigenvalue weighted by molar-refractivity contribution is 5.56. The first-order valence-corrected chi connectivity index (χ1v) is 10.3. The maximum Gasteiger partial charge on any atom is 0.251 e. The number of para-hydroxylation sites is 1. The van der Waals surface area contributed by atoms with Crippen molar-refractivity contribution in [3.8, 4) is 5.75 Å². The molecular weight excluding hydrogens is 366 g/mol. The van der Waals surface area contributed by atoms with Gasteiger partial charge in [-0.15, -0.1) is 6.58 Å². The fourth-order valence-electron chi connectivity index (χ4n) is 4.48. The number of pyridine rings is 1. The van der Waals surface area contributed by atoms with Gasteiger partial charge in [-0.3, -0.25) is 4.79 Å².